The highest BCUT2D eigenvalue weighted by molar-refractivity contribution is 5.95. The predicted molar refractivity (Wildman–Crippen MR) is 86.8 cm³/mol. The van der Waals surface area contributed by atoms with Gasteiger partial charge in [-0.3, -0.25) is 4.79 Å². The van der Waals surface area contributed by atoms with Gasteiger partial charge in [0.05, 0.1) is 13.2 Å². The zero-order chi connectivity index (χ0) is 16.0. The Balaban J connectivity index is 2.13. The molecule has 5 nitrogen and oxygen atoms in total. The smallest absolute Gasteiger partial charge is 0.251 e. The average Bonchev–Trinajstić information content (AvgIpc) is 2.49. The van der Waals surface area contributed by atoms with Crippen molar-refractivity contribution in [1.82, 2.24) is 10.6 Å². The van der Waals surface area contributed by atoms with E-state index in [0.717, 1.165) is 25.9 Å². The molecule has 0 aliphatic carbocycles. The van der Waals surface area contributed by atoms with Crippen molar-refractivity contribution in [3.63, 3.8) is 0 Å². The molecule has 5 heteroatoms. The molecule has 1 saturated heterocycles. The van der Waals surface area contributed by atoms with Crippen LogP contribution in [-0.4, -0.2) is 37.7 Å². The van der Waals surface area contributed by atoms with Crippen molar-refractivity contribution in [3.05, 3.63) is 23.8 Å². The van der Waals surface area contributed by atoms with Crippen LogP contribution in [0, 0.1) is 0 Å². The Morgan fingerprint density at radius 1 is 1.18 bits per heavy atom. The van der Waals surface area contributed by atoms with Gasteiger partial charge in [-0.05, 0) is 64.9 Å². The van der Waals surface area contributed by atoms with Crippen LogP contribution in [0.1, 0.15) is 44.0 Å². The number of piperidine rings is 1. The number of rotatable bonds is 6. The SMILES string of the molecule is CCOc1ccc(C(=O)NC2(C)CCNCC2)cc1OCC. The summed E-state index contributed by atoms with van der Waals surface area (Å²) in [5, 5.41) is 6.47. The average molecular weight is 306 g/mol. The number of carbonyl (C=O) groups is 1. The molecule has 1 heterocycles. The summed E-state index contributed by atoms with van der Waals surface area (Å²) in [6.45, 7) is 8.91. The third-order valence-electron chi connectivity index (χ3n) is 3.93. The quantitative estimate of drug-likeness (QED) is 0.847. The first-order chi connectivity index (χ1) is 10.6. The summed E-state index contributed by atoms with van der Waals surface area (Å²) in [5.41, 5.74) is 0.457. The van der Waals surface area contributed by atoms with Crippen LogP contribution in [0.2, 0.25) is 0 Å². The molecular formula is C17H26N2O3. The summed E-state index contributed by atoms with van der Waals surface area (Å²) >= 11 is 0. The molecule has 0 unspecified atom stereocenters. The summed E-state index contributed by atoms with van der Waals surface area (Å²) in [6.07, 6.45) is 1.88. The monoisotopic (exact) mass is 306 g/mol. The fraction of sp³-hybridized carbons (Fsp3) is 0.588. The zero-order valence-electron chi connectivity index (χ0n) is 13.7. The van der Waals surface area contributed by atoms with Crippen molar-refractivity contribution >= 4 is 5.91 Å². The van der Waals surface area contributed by atoms with Gasteiger partial charge in [0.25, 0.3) is 5.91 Å². The van der Waals surface area contributed by atoms with Crippen molar-refractivity contribution in [3.8, 4) is 11.5 Å². The molecule has 0 radical (unpaired) electrons. The molecular weight excluding hydrogens is 280 g/mol. The molecule has 1 aromatic rings. The van der Waals surface area contributed by atoms with E-state index in [9.17, 15) is 4.79 Å². The molecule has 0 saturated carbocycles. The third-order valence-corrected chi connectivity index (χ3v) is 3.93. The minimum absolute atomic E-state index is 0.0617. The lowest BCUT2D eigenvalue weighted by atomic mass is 9.90. The molecule has 2 N–H and O–H groups in total. The maximum Gasteiger partial charge on any atom is 0.251 e. The third kappa shape index (κ3) is 4.13. The molecule has 1 amide bonds. The van der Waals surface area contributed by atoms with Crippen LogP contribution in [0.4, 0.5) is 0 Å². The highest BCUT2D eigenvalue weighted by Crippen LogP contribution is 2.29. The Bertz CT molecular complexity index is 511. The van der Waals surface area contributed by atoms with Gasteiger partial charge in [-0.25, -0.2) is 0 Å². The first-order valence-corrected chi connectivity index (χ1v) is 8.01. The van der Waals surface area contributed by atoms with Crippen LogP contribution in [0.5, 0.6) is 11.5 Å². The van der Waals surface area contributed by atoms with Crippen LogP contribution in [0.3, 0.4) is 0 Å². The van der Waals surface area contributed by atoms with Gasteiger partial charge in [0.1, 0.15) is 0 Å². The van der Waals surface area contributed by atoms with Gasteiger partial charge in [-0.2, -0.15) is 0 Å². The second-order valence-electron chi connectivity index (χ2n) is 5.79. The van der Waals surface area contributed by atoms with Gasteiger partial charge in [-0.1, -0.05) is 0 Å². The Morgan fingerprint density at radius 2 is 1.82 bits per heavy atom. The Labute approximate surface area is 132 Å². The predicted octanol–water partition coefficient (Wildman–Crippen LogP) is 2.36. The molecule has 1 fully saturated rings. The van der Waals surface area contributed by atoms with Crippen LogP contribution < -0.4 is 20.1 Å². The van der Waals surface area contributed by atoms with Crippen LogP contribution in [0.15, 0.2) is 18.2 Å². The summed E-state index contributed by atoms with van der Waals surface area (Å²) in [4.78, 5) is 12.5. The Kier molecular flexibility index (Phi) is 5.66. The number of amides is 1. The number of nitrogens with one attached hydrogen (secondary N) is 2. The summed E-state index contributed by atoms with van der Waals surface area (Å²) in [6, 6.07) is 5.34. The van der Waals surface area contributed by atoms with E-state index in [0.29, 0.717) is 30.3 Å². The summed E-state index contributed by atoms with van der Waals surface area (Å²) in [5.74, 6) is 1.23. The van der Waals surface area contributed by atoms with E-state index in [-0.39, 0.29) is 11.4 Å². The first-order valence-electron chi connectivity index (χ1n) is 8.01. The van der Waals surface area contributed by atoms with E-state index in [1.807, 2.05) is 13.8 Å². The van der Waals surface area contributed by atoms with Gasteiger partial charge in [0, 0.05) is 11.1 Å². The lowest BCUT2D eigenvalue weighted by Crippen LogP contribution is -2.52. The fourth-order valence-corrected chi connectivity index (χ4v) is 2.64. The van der Waals surface area contributed by atoms with Gasteiger partial charge < -0.3 is 20.1 Å². The van der Waals surface area contributed by atoms with Crippen molar-refractivity contribution in [2.24, 2.45) is 0 Å². The topological polar surface area (TPSA) is 59.6 Å². The van der Waals surface area contributed by atoms with Gasteiger partial charge in [0.2, 0.25) is 0 Å². The van der Waals surface area contributed by atoms with E-state index in [2.05, 4.69) is 17.6 Å². The first kappa shape index (κ1) is 16.6. The van der Waals surface area contributed by atoms with E-state index < -0.39 is 0 Å². The maximum atomic E-state index is 12.5. The van der Waals surface area contributed by atoms with Crippen LogP contribution in [-0.2, 0) is 0 Å². The van der Waals surface area contributed by atoms with Gasteiger partial charge >= 0.3 is 0 Å². The molecule has 0 bridgehead atoms. The van der Waals surface area contributed by atoms with Crippen molar-refractivity contribution in [1.29, 1.82) is 0 Å². The largest absolute Gasteiger partial charge is 0.490 e. The van der Waals surface area contributed by atoms with Gasteiger partial charge in [-0.15, -0.1) is 0 Å². The highest BCUT2D eigenvalue weighted by atomic mass is 16.5. The van der Waals surface area contributed by atoms with Crippen molar-refractivity contribution < 1.29 is 14.3 Å². The standard InChI is InChI=1S/C17H26N2O3/c1-4-21-14-7-6-13(12-15(14)22-5-2)16(20)19-17(3)8-10-18-11-9-17/h6-7,12,18H,4-5,8-11H2,1-3H3,(H,19,20). The summed E-state index contributed by atoms with van der Waals surface area (Å²) in [7, 11) is 0. The molecule has 122 valence electrons. The van der Waals surface area contributed by atoms with E-state index in [1.165, 1.54) is 0 Å². The Hall–Kier alpha value is -1.75. The Morgan fingerprint density at radius 3 is 2.45 bits per heavy atom. The molecule has 1 aliphatic rings. The minimum atomic E-state index is -0.146. The molecule has 0 atom stereocenters. The fourth-order valence-electron chi connectivity index (χ4n) is 2.64. The molecule has 1 aromatic carbocycles. The van der Waals surface area contributed by atoms with Crippen molar-refractivity contribution in [2.75, 3.05) is 26.3 Å². The molecule has 2 rings (SSSR count). The highest BCUT2D eigenvalue weighted by Gasteiger charge is 2.28. The normalized spacial score (nSPS) is 16.9. The number of hydrogen-bond acceptors (Lipinski definition) is 4. The second-order valence-corrected chi connectivity index (χ2v) is 5.79. The lowest BCUT2D eigenvalue weighted by molar-refractivity contribution is 0.0887. The van der Waals surface area contributed by atoms with E-state index in [4.69, 9.17) is 9.47 Å². The molecule has 22 heavy (non-hydrogen) atoms. The summed E-state index contributed by atoms with van der Waals surface area (Å²) < 4.78 is 11.1. The molecule has 1 aliphatic heterocycles. The number of hydrogen-bond donors (Lipinski definition) is 2. The van der Waals surface area contributed by atoms with Crippen LogP contribution in [0.25, 0.3) is 0 Å². The lowest BCUT2D eigenvalue weighted by Gasteiger charge is -2.35. The number of benzene rings is 1. The minimum Gasteiger partial charge on any atom is -0.490 e. The molecule has 0 aromatic heterocycles. The van der Waals surface area contributed by atoms with Crippen LogP contribution >= 0.6 is 0 Å². The number of ether oxygens (including phenoxy) is 2. The van der Waals surface area contributed by atoms with E-state index in [1.54, 1.807) is 18.2 Å². The van der Waals surface area contributed by atoms with E-state index >= 15 is 0 Å². The number of carbonyl (C=O) groups excluding carboxylic acids is 1. The van der Waals surface area contributed by atoms with Crippen molar-refractivity contribution in [2.45, 2.75) is 39.2 Å². The maximum absolute atomic E-state index is 12.5. The second kappa shape index (κ2) is 7.49. The molecule has 0 spiro atoms. The van der Waals surface area contributed by atoms with Gasteiger partial charge in [0.15, 0.2) is 11.5 Å². The zero-order valence-corrected chi connectivity index (χ0v) is 13.7.